The molecule has 0 saturated carbocycles. The van der Waals surface area contributed by atoms with E-state index in [0.29, 0.717) is 28.6 Å². The van der Waals surface area contributed by atoms with Gasteiger partial charge in [-0.25, -0.2) is 0 Å². The second-order valence-electron chi connectivity index (χ2n) is 9.33. The van der Waals surface area contributed by atoms with Gasteiger partial charge in [-0.05, 0) is 55.2 Å². The van der Waals surface area contributed by atoms with Crippen LogP contribution >= 0.6 is 11.3 Å². The van der Waals surface area contributed by atoms with E-state index in [-0.39, 0.29) is 22.2 Å². The summed E-state index contributed by atoms with van der Waals surface area (Å²) in [6.45, 7) is 7.58. The Morgan fingerprint density at radius 3 is 2.43 bits per heavy atom. The highest BCUT2D eigenvalue weighted by Gasteiger charge is 2.38. The van der Waals surface area contributed by atoms with Crippen molar-refractivity contribution in [2.75, 3.05) is 6.61 Å². The van der Waals surface area contributed by atoms with Crippen molar-refractivity contribution in [3.8, 4) is 10.7 Å². The van der Waals surface area contributed by atoms with E-state index in [0.717, 1.165) is 24.3 Å². The standard InChI is InChI=1S/C22H28N4O6S2Si/c1-22(2,35(3,4)31)13-12-16(20-24-25-21(33-20)19-7-5-6-14-23-19)15-32-34(29,30)18-10-8-17(9-11-18)26(27)28/h5-11,14,16,31H,12-13,15H2,1-4H3. The number of nitro benzene ring substituents is 1. The molecule has 0 bridgehead atoms. The third-order valence-corrected chi connectivity index (χ3v) is 12.2. The van der Waals surface area contributed by atoms with E-state index < -0.39 is 29.3 Å². The number of hydrogen-bond donors (Lipinski definition) is 1. The number of non-ortho nitro benzene ring substituents is 1. The van der Waals surface area contributed by atoms with E-state index in [9.17, 15) is 23.3 Å². The number of aromatic nitrogens is 3. The maximum absolute atomic E-state index is 12.8. The van der Waals surface area contributed by atoms with Crippen LogP contribution in [0.25, 0.3) is 10.7 Å². The zero-order valence-corrected chi connectivity index (χ0v) is 22.5. The number of benzene rings is 1. The second kappa shape index (κ2) is 10.6. The quantitative estimate of drug-likeness (QED) is 0.159. The topological polar surface area (TPSA) is 145 Å². The summed E-state index contributed by atoms with van der Waals surface area (Å²) in [6, 6.07) is 10.00. The highest BCUT2D eigenvalue weighted by Crippen LogP contribution is 2.42. The van der Waals surface area contributed by atoms with Crippen LogP contribution in [-0.2, 0) is 14.3 Å². The summed E-state index contributed by atoms with van der Waals surface area (Å²) in [5.74, 6) is -0.395. The van der Waals surface area contributed by atoms with Crippen LogP contribution in [0.15, 0.2) is 53.6 Å². The van der Waals surface area contributed by atoms with Crippen LogP contribution in [-0.4, -0.2) is 48.2 Å². The fraction of sp³-hybridized carbons (Fsp3) is 0.409. The van der Waals surface area contributed by atoms with Crippen molar-refractivity contribution >= 4 is 35.5 Å². The molecule has 1 unspecified atom stereocenters. The maximum Gasteiger partial charge on any atom is 0.297 e. The summed E-state index contributed by atoms with van der Waals surface area (Å²) in [5, 5.41) is 20.3. The number of nitro groups is 1. The molecular weight excluding hydrogens is 508 g/mol. The second-order valence-corrected chi connectivity index (χ2v) is 16.4. The summed E-state index contributed by atoms with van der Waals surface area (Å²) < 4.78 is 30.9. The van der Waals surface area contributed by atoms with Crippen molar-refractivity contribution in [2.45, 2.75) is 55.6 Å². The van der Waals surface area contributed by atoms with Gasteiger partial charge in [0.2, 0.25) is 0 Å². The zero-order chi connectivity index (χ0) is 25.9. The van der Waals surface area contributed by atoms with Gasteiger partial charge in [0.05, 0.1) is 16.4 Å². The summed E-state index contributed by atoms with van der Waals surface area (Å²) >= 11 is 1.32. The molecule has 13 heteroatoms. The molecule has 0 amide bonds. The Balaban J connectivity index is 1.82. The average Bonchev–Trinajstić information content (AvgIpc) is 3.29. The molecule has 188 valence electrons. The van der Waals surface area contributed by atoms with E-state index in [1.165, 1.54) is 11.3 Å². The Kier molecular flexibility index (Phi) is 8.16. The first-order chi connectivity index (χ1) is 16.3. The molecule has 0 aliphatic carbocycles. The molecule has 10 nitrogen and oxygen atoms in total. The Hall–Kier alpha value is -2.58. The Bertz CT molecular complexity index is 1260. The minimum Gasteiger partial charge on any atom is -0.432 e. The maximum atomic E-state index is 12.8. The third-order valence-electron chi connectivity index (χ3n) is 6.21. The Morgan fingerprint density at radius 2 is 1.86 bits per heavy atom. The molecule has 1 atom stereocenters. The van der Waals surface area contributed by atoms with Crippen molar-refractivity contribution < 1.29 is 22.3 Å². The number of rotatable bonds is 11. The molecule has 0 aliphatic rings. The molecule has 1 N–H and O–H groups in total. The smallest absolute Gasteiger partial charge is 0.297 e. The van der Waals surface area contributed by atoms with Crippen LogP contribution in [0.1, 0.15) is 37.6 Å². The van der Waals surface area contributed by atoms with Crippen LogP contribution in [0.2, 0.25) is 18.1 Å². The molecule has 3 rings (SSSR count). The predicted molar refractivity (Wildman–Crippen MR) is 135 cm³/mol. The van der Waals surface area contributed by atoms with Gasteiger partial charge in [-0.2, -0.15) is 8.42 Å². The highest BCUT2D eigenvalue weighted by molar-refractivity contribution is 7.86. The van der Waals surface area contributed by atoms with E-state index in [1.807, 2.05) is 39.1 Å². The molecule has 35 heavy (non-hydrogen) atoms. The van der Waals surface area contributed by atoms with Gasteiger partial charge in [-0.15, -0.1) is 10.2 Å². The molecule has 2 heterocycles. The lowest BCUT2D eigenvalue weighted by molar-refractivity contribution is -0.384. The fourth-order valence-electron chi connectivity index (χ4n) is 3.09. The van der Waals surface area contributed by atoms with Crippen molar-refractivity contribution in [2.24, 2.45) is 0 Å². The molecule has 3 aromatic rings. The number of hydrogen-bond acceptors (Lipinski definition) is 10. The molecular formula is C22H28N4O6S2Si. The zero-order valence-electron chi connectivity index (χ0n) is 19.9. The predicted octanol–water partition coefficient (Wildman–Crippen LogP) is 4.76. The van der Waals surface area contributed by atoms with Gasteiger partial charge in [0.25, 0.3) is 15.8 Å². The van der Waals surface area contributed by atoms with Gasteiger partial charge in [0.1, 0.15) is 10.7 Å². The lowest BCUT2D eigenvalue weighted by Gasteiger charge is -2.35. The van der Waals surface area contributed by atoms with Crippen molar-refractivity contribution in [3.05, 3.63) is 63.8 Å². The highest BCUT2D eigenvalue weighted by atomic mass is 32.2. The molecule has 0 fully saturated rings. The van der Waals surface area contributed by atoms with Gasteiger partial charge in [-0.1, -0.05) is 31.3 Å². The molecule has 2 aromatic heterocycles. The summed E-state index contributed by atoms with van der Waals surface area (Å²) in [4.78, 5) is 25.1. The van der Waals surface area contributed by atoms with Crippen molar-refractivity contribution in [1.29, 1.82) is 0 Å². The molecule has 0 saturated heterocycles. The monoisotopic (exact) mass is 536 g/mol. The normalized spacial score (nSPS) is 13.5. The van der Waals surface area contributed by atoms with E-state index >= 15 is 0 Å². The average molecular weight is 537 g/mol. The fourth-order valence-corrected chi connectivity index (χ4v) is 5.73. The molecule has 0 aliphatic heterocycles. The van der Waals surface area contributed by atoms with E-state index in [1.54, 1.807) is 12.3 Å². The summed E-state index contributed by atoms with van der Waals surface area (Å²) in [6.07, 6.45) is 2.81. The minimum atomic E-state index is -4.15. The molecule has 1 aromatic carbocycles. The van der Waals surface area contributed by atoms with Gasteiger partial charge in [0.15, 0.2) is 13.3 Å². The summed E-state index contributed by atoms with van der Waals surface area (Å²) in [5.41, 5.74) is 0.453. The first kappa shape index (κ1) is 27.0. The number of nitrogens with zero attached hydrogens (tertiary/aromatic N) is 4. The van der Waals surface area contributed by atoms with Gasteiger partial charge >= 0.3 is 0 Å². The van der Waals surface area contributed by atoms with Gasteiger partial charge < -0.3 is 4.80 Å². The van der Waals surface area contributed by atoms with Gasteiger partial charge in [0, 0.05) is 24.2 Å². The third kappa shape index (κ3) is 6.76. The SMILES string of the molecule is CC(C)(CCC(COS(=O)(=O)c1ccc([N+](=O)[O-])cc1)c1nnc(-c2ccccn2)s1)[Si](C)(C)O. The van der Waals surface area contributed by atoms with Crippen LogP contribution in [0.4, 0.5) is 5.69 Å². The molecule has 0 radical (unpaired) electrons. The minimum absolute atomic E-state index is 0.169. The van der Waals surface area contributed by atoms with Crippen molar-refractivity contribution in [3.63, 3.8) is 0 Å². The summed E-state index contributed by atoms with van der Waals surface area (Å²) in [7, 11) is -6.64. The lowest BCUT2D eigenvalue weighted by atomic mass is 9.98. The first-order valence-corrected chi connectivity index (χ1v) is 16.1. The van der Waals surface area contributed by atoms with Crippen molar-refractivity contribution in [1.82, 2.24) is 15.2 Å². The van der Waals surface area contributed by atoms with E-state index in [4.69, 9.17) is 4.18 Å². The first-order valence-electron chi connectivity index (χ1n) is 10.9. The van der Waals surface area contributed by atoms with E-state index in [2.05, 4.69) is 15.2 Å². The van der Waals surface area contributed by atoms with Crippen LogP contribution in [0.5, 0.6) is 0 Å². The lowest BCUT2D eigenvalue weighted by Crippen LogP contribution is -2.39. The van der Waals surface area contributed by atoms with Crippen LogP contribution in [0.3, 0.4) is 0 Å². The Morgan fingerprint density at radius 1 is 1.17 bits per heavy atom. The molecule has 0 spiro atoms. The van der Waals surface area contributed by atoms with Crippen LogP contribution < -0.4 is 0 Å². The van der Waals surface area contributed by atoms with Gasteiger partial charge in [-0.3, -0.25) is 19.3 Å². The largest absolute Gasteiger partial charge is 0.432 e. The number of pyridine rings is 1. The van der Waals surface area contributed by atoms with Crippen LogP contribution in [0, 0.1) is 10.1 Å². The Labute approximate surface area is 209 Å².